The molecule has 1 heterocycles. The van der Waals surface area contributed by atoms with Gasteiger partial charge in [0.05, 0.1) is 0 Å². The van der Waals surface area contributed by atoms with Gasteiger partial charge in [0.1, 0.15) is 11.4 Å². The molecule has 0 saturated carbocycles. The number of rotatable bonds is 3. The third-order valence-corrected chi connectivity index (χ3v) is 4.70. The van der Waals surface area contributed by atoms with Crippen molar-refractivity contribution in [1.29, 1.82) is 0 Å². The number of likely N-dealkylation sites (tertiary alicyclic amines) is 1. The summed E-state index contributed by atoms with van der Waals surface area (Å²) in [5.41, 5.74) is 0.519. The lowest BCUT2D eigenvalue weighted by Gasteiger charge is -2.45. The van der Waals surface area contributed by atoms with Crippen LogP contribution < -0.4 is 5.32 Å². The first-order valence-corrected chi connectivity index (χ1v) is 9.01. The highest BCUT2D eigenvalue weighted by atomic mass is 16.6. The average molecular weight is 348 g/mol. The van der Waals surface area contributed by atoms with Crippen molar-refractivity contribution in [3.63, 3.8) is 0 Å². The van der Waals surface area contributed by atoms with Crippen LogP contribution in [0.3, 0.4) is 0 Å². The summed E-state index contributed by atoms with van der Waals surface area (Å²) in [7, 11) is 0. The van der Waals surface area contributed by atoms with Crippen molar-refractivity contribution in [1.82, 2.24) is 10.2 Å². The summed E-state index contributed by atoms with van der Waals surface area (Å²) in [6, 6.07) is 7.76. The van der Waals surface area contributed by atoms with Gasteiger partial charge in [0.15, 0.2) is 0 Å². The molecule has 2 N–H and O–H groups in total. The summed E-state index contributed by atoms with van der Waals surface area (Å²) in [4.78, 5) is 14.2. The molecule has 1 amide bonds. The lowest BCUT2D eigenvalue weighted by Crippen LogP contribution is -2.56. The molecule has 0 aromatic heterocycles. The number of amides is 1. The molecule has 25 heavy (non-hydrogen) atoms. The van der Waals surface area contributed by atoms with E-state index in [9.17, 15) is 9.90 Å². The van der Waals surface area contributed by atoms with Gasteiger partial charge in [-0.15, -0.1) is 0 Å². The zero-order valence-corrected chi connectivity index (χ0v) is 16.3. The van der Waals surface area contributed by atoms with Crippen LogP contribution in [0.5, 0.6) is 5.75 Å². The van der Waals surface area contributed by atoms with Crippen molar-refractivity contribution in [2.45, 2.75) is 65.6 Å². The van der Waals surface area contributed by atoms with Gasteiger partial charge in [0.25, 0.3) is 0 Å². The number of aromatic hydroxyl groups is 1. The van der Waals surface area contributed by atoms with Crippen LogP contribution in [0.4, 0.5) is 4.79 Å². The monoisotopic (exact) mass is 348 g/mol. The Bertz CT molecular complexity index is 607. The quantitative estimate of drug-likeness (QED) is 0.864. The standard InChI is InChI=1S/C20H32N2O3/c1-14(15-8-7-9-16(23)12-15)21-17-10-11-22(13-20(17,5)6)18(24)25-19(2,3)4/h7-9,12,14,17,21,23H,10-11,13H2,1-6H3. The number of nitrogens with one attached hydrogen (secondary N) is 1. The molecule has 0 aliphatic carbocycles. The fourth-order valence-corrected chi connectivity index (χ4v) is 3.34. The van der Waals surface area contributed by atoms with Gasteiger partial charge in [0, 0.05) is 25.2 Å². The molecule has 0 radical (unpaired) electrons. The molecule has 0 spiro atoms. The minimum Gasteiger partial charge on any atom is -0.508 e. The smallest absolute Gasteiger partial charge is 0.410 e. The van der Waals surface area contributed by atoms with Crippen molar-refractivity contribution >= 4 is 6.09 Å². The lowest BCUT2D eigenvalue weighted by molar-refractivity contribution is 0.00132. The van der Waals surface area contributed by atoms with Crippen LogP contribution in [0.15, 0.2) is 24.3 Å². The molecule has 1 aliphatic rings. The first-order chi connectivity index (χ1) is 11.5. The van der Waals surface area contributed by atoms with Crippen molar-refractivity contribution in [2.24, 2.45) is 5.41 Å². The van der Waals surface area contributed by atoms with Gasteiger partial charge in [-0.2, -0.15) is 0 Å². The average Bonchev–Trinajstić information content (AvgIpc) is 2.47. The van der Waals surface area contributed by atoms with Crippen LogP contribution in [0, 0.1) is 5.41 Å². The number of ether oxygens (including phenoxy) is 1. The minimum absolute atomic E-state index is 0.0692. The molecule has 1 aromatic rings. The van der Waals surface area contributed by atoms with E-state index >= 15 is 0 Å². The molecule has 140 valence electrons. The molecule has 5 nitrogen and oxygen atoms in total. The summed E-state index contributed by atoms with van der Waals surface area (Å²) in [6.45, 7) is 13.5. The van der Waals surface area contributed by atoms with Gasteiger partial charge in [-0.25, -0.2) is 4.79 Å². The maximum absolute atomic E-state index is 12.3. The van der Waals surface area contributed by atoms with Crippen molar-refractivity contribution in [3.8, 4) is 5.75 Å². The number of piperidine rings is 1. The summed E-state index contributed by atoms with van der Waals surface area (Å²) >= 11 is 0. The molecular formula is C20H32N2O3. The van der Waals surface area contributed by atoms with Crippen molar-refractivity contribution < 1.29 is 14.6 Å². The zero-order chi connectivity index (χ0) is 18.8. The Kier molecular flexibility index (Phi) is 5.67. The fourth-order valence-electron chi connectivity index (χ4n) is 3.34. The van der Waals surface area contributed by atoms with Gasteiger partial charge in [-0.05, 0) is 57.2 Å². The predicted molar refractivity (Wildman–Crippen MR) is 99.7 cm³/mol. The van der Waals surface area contributed by atoms with E-state index in [1.807, 2.05) is 37.8 Å². The number of hydrogen-bond donors (Lipinski definition) is 2. The predicted octanol–water partition coefficient (Wildman–Crippen LogP) is 4.08. The van der Waals surface area contributed by atoms with Crippen LogP contribution in [-0.2, 0) is 4.74 Å². The van der Waals surface area contributed by atoms with E-state index in [0.29, 0.717) is 13.1 Å². The Labute approximate surface area is 151 Å². The maximum atomic E-state index is 12.3. The molecule has 1 aromatic carbocycles. The number of nitrogens with zero attached hydrogens (tertiary/aromatic N) is 1. The first kappa shape index (κ1) is 19.6. The van der Waals surface area contributed by atoms with Gasteiger partial charge >= 0.3 is 6.09 Å². The summed E-state index contributed by atoms with van der Waals surface area (Å²) < 4.78 is 5.51. The van der Waals surface area contributed by atoms with Gasteiger partial charge < -0.3 is 20.1 Å². The van der Waals surface area contributed by atoms with E-state index < -0.39 is 5.60 Å². The highest BCUT2D eigenvalue weighted by molar-refractivity contribution is 5.68. The van der Waals surface area contributed by atoms with Crippen molar-refractivity contribution in [3.05, 3.63) is 29.8 Å². The second-order valence-corrected chi connectivity index (χ2v) is 8.72. The number of carbonyl (C=O) groups excluding carboxylic acids is 1. The normalized spacial score (nSPS) is 21.7. The van der Waals surface area contributed by atoms with Gasteiger partial charge in [0.2, 0.25) is 0 Å². The lowest BCUT2D eigenvalue weighted by atomic mass is 9.78. The molecule has 1 saturated heterocycles. The first-order valence-electron chi connectivity index (χ1n) is 9.01. The Hall–Kier alpha value is -1.75. The van der Waals surface area contributed by atoms with E-state index in [1.54, 1.807) is 12.1 Å². The number of benzene rings is 1. The Balaban J connectivity index is 2.00. The highest BCUT2D eigenvalue weighted by Gasteiger charge is 2.39. The van der Waals surface area contributed by atoms with E-state index in [0.717, 1.165) is 12.0 Å². The minimum atomic E-state index is -0.472. The fraction of sp³-hybridized carbons (Fsp3) is 0.650. The second-order valence-electron chi connectivity index (χ2n) is 8.72. The van der Waals surface area contributed by atoms with Crippen LogP contribution in [0.2, 0.25) is 0 Å². The third-order valence-electron chi connectivity index (χ3n) is 4.70. The number of carbonyl (C=O) groups is 1. The van der Waals surface area contributed by atoms with E-state index in [4.69, 9.17) is 4.74 Å². The zero-order valence-electron chi connectivity index (χ0n) is 16.3. The van der Waals surface area contributed by atoms with Crippen molar-refractivity contribution in [2.75, 3.05) is 13.1 Å². The Morgan fingerprint density at radius 3 is 2.64 bits per heavy atom. The van der Waals surface area contributed by atoms with E-state index in [1.165, 1.54) is 0 Å². The highest BCUT2D eigenvalue weighted by Crippen LogP contribution is 2.32. The second kappa shape index (κ2) is 7.24. The van der Waals surface area contributed by atoms with Crippen LogP contribution in [-0.4, -0.2) is 40.8 Å². The van der Waals surface area contributed by atoms with Gasteiger partial charge in [-0.1, -0.05) is 26.0 Å². The van der Waals surface area contributed by atoms with E-state index in [-0.39, 0.29) is 29.3 Å². The molecule has 1 fully saturated rings. The van der Waals surface area contributed by atoms with Gasteiger partial charge in [-0.3, -0.25) is 0 Å². The summed E-state index contributed by atoms with van der Waals surface area (Å²) in [5, 5.41) is 13.3. The molecule has 0 bridgehead atoms. The summed E-state index contributed by atoms with van der Waals surface area (Å²) in [6.07, 6.45) is 0.634. The van der Waals surface area contributed by atoms with Crippen LogP contribution in [0.1, 0.15) is 59.6 Å². The largest absolute Gasteiger partial charge is 0.508 e. The van der Waals surface area contributed by atoms with Crippen LogP contribution in [0.25, 0.3) is 0 Å². The SMILES string of the molecule is CC(NC1CCN(C(=O)OC(C)(C)C)CC1(C)C)c1cccc(O)c1. The van der Waals surface area contributed by atoms with E-state index in [2.05, 4.69) is 26.1 Å². The Morgan fingerprint density at radius 2 is 2.08 bits per heavy atom. The summed E-state index contributed by atoms with van der Waals surface area (Å²) in [5.74, 6) is 0.283. The third kappa shape index (κ3) is 5.36. The molecule has 1 aliphatic heterocycles. The molecule has 5 heteroatoms. The topological polar surface area (TPSA) is 61.8 Å². The number of hydrogen-bond acceptors (Lipinski definition) is 4. The molecule has 2 atom stereocenters. The molecular weight excluding hydrogens is 316 g/mol. The Morgan fingerprint density at radius 1 is 1.40 bits per heavy atom. The number of phenolic OH excluding ortho intramolecular Hbond substituents is 1. The molecule has 2 rings (SSSR count). The van der Waals surface area contributed by atoms with Crippen LogP contribution >= 0.6 is 0 Å². The molecule has 2 unspecified atom stereocenters. The maximum Gasteiger partial charge on any atom is 0.410 e. The number of phenols is 1.